The van der Waals surface area contributed by atoms with Crippen LogP contribution in [0.2, 0.25) is 0 Å². The average Bonchev–Trinajstić information content (AvgIpc) is 2.19. The lowest BCUT2D eigenvalue weighted by Gasteiger charge is -2.30. The second-order valence-electron chi connectivity index (χ2n) is 3.23. The second-order valence-corrected chi connectivity index (χ2v) is 3.23. The van der Waals surface area contributed by atoms with Crippen molar-refractivity contribution in [1.29, 1.82) is 0 Å². The molecule has 0 spiro atoms. The van der Waals surface area contributed by atoms with E-state index in [-0.39, 0.29) is 6.54 Å². The SMILES string of the molecule is CC1C(=O)NC(=O)CN1C(=O)C=CC(=O)O. The minimum absolute atomic E-state index is 0.254. The van der Waals surface area contributed by atoms with Crippen LogP contribution >= 0.6 is 0 Å². The van der Waals surface area contributed by atoms with E-state index in [1.165, 1.54) is 6.92 Å². The molecule has 0 bridgehead atoms. The minimum atomic E-state index is -1.27. The number of nitrogens with zero attached hydrogens (tertiary/aromatic N) is 1. The number of hydrogen-bond acceptors (Lipinski definition) is 4. The van der Waals surface area contributed by atoms with Crippen LogP contribution in [0, 0.1) is 0 Å². The van der Waals surface area contributed by atoms with Crippen molar-refractivity contribution in [1.82, 2.24) is 10.2 Å². The maximum absolute atomic E-state index is 11.4. The molecule has 0 radical (unpaired) electrons. The highest BCUT2D eigenvalue weighted by Crippen LogP contribution is 2.05. The third-order valence-electron chi connectivity index (χ3n) is 2.08. The van der Waals surface area contributed by atoms with Gasteiger partial charge in [0, 0.05) is 12.2 Å². The Hall–Kier alpha value is -2.18. The van der Waals surface area contributed by atoms with Gasteiger partial charge >= 0.3 is 5.97 Å². The van der Waals surface area contributed by atoms with Crippen molar-refractivity contribution in [2.75, 3.05) is 6.54 Å². The number of hydrogen-bond donors (Lipinski definition) is 2. The predicted octanol–water partition coefficient (Wildman–Crippen LogP) is -1.50. The minimum Gasteiger partial charge on any atom is -0.478 e. The highest BCUT2D eigenvalue weighted by atomic mass is 16.4. The predicted molar refractivity (Wildman–Crippen MR) is 51.1 cm³/mol. The van der Waals surface area contributed by atoms with E-state index in [0.29, 0.717) is 6.08 Å². The molecule has 1 atom stereocenters. The fourth-order valence-corrected chi connectivity index (χ4v) is 1.22. The molecule has 86 valence electrons. The van der Waals surface area contributed by atoms with Gasteiger partial charge in [-0.3, -0.25) is 19.7 Å². The van der Waals surface area contributed by atoms with E-state index >= 15 is 0 Å². The van der Waals surface area contributed by atoms with Gasteiger partial charge in [0.15, 0.2) is 0 Å². The molecule has 2 N–H and O–H groups in total. The van der Waals surface area contributed by atoms with E-state index in [9.17, 15) is 19.2 Å². The summed E-state index contributed by atoms with van der Waals surface area (Å²) < 4.78 is 0. The van der Waals surface area contributed by atoms with Crippen molar-refractivity contribution < 1.29 is 24.3 Å². The molecule has 1 saturated heterocycles. The van der Waals surface area contributed by atoms with Crippen LogP contribution in [0.3, 0.4) is 0 Å². The summed E-state index contributed by atoms with van der Waals surface area (Å²) in [5, 5.41) is 10.4. The number of carbonyl (C=O) groups excluding carboxylic acids is 3. The van der Waals surface area contributed by atoms with Crippen LogP contribution in [-0.2, 0) is 19.2 Å². The van der Waals surface area contributed by atoms with Crippen LogP contribution in [0.1, 0.15) is 6.92 Å². The molecule has 0 aliphatic carbocycles. The summed E-state index contributed by atoms with van der Waals surface area (Å²) in [6.07, 6.45) is 1.47. The van der Waals surface area contributed by atoms with E-state index in [0.717, 1.165) is 11.0 Å². The number of aliphatic carboxylic acids is 1. The molecular weight excluding hydrogens is 216 g/mol. The van der Waals surface area contributed by atoms with Crippen LogP contribution in [0.15, 0.2) is 12.2 Å². The van der Waals surface area contributed by atoms with Crippen LogP contribution in [0.5, 0.6) is 0 Å². The van der Waals surface area contributed by atoms with E-state index in [1.807, 2.05) is 0 Å². The number of imide groups is 1. The summed E-state index contributed by atoms with van der Waals surface area (Å²) in [5.74, 6) is -3.11. The summed E-state index contributed by atoms with van der Waals surface area (Å²) in [5.41, 5.74) is 0. The Balaban J connectivity index is 2.78. The first-order valence-corrected chi connectivity index (χ1v) is 4.47. The highest BCUT2D eigenvalue weighted by Gasteiger charge is 2.32. The third kappa shape index (κ3) is 2.66. The molecule has 0 aromatic heterocycles. The molecule has 1 rings (SSSR count). The molecule has 1 aliphatic heterocycles. The molecule has 1 heterocycles. The van der Waals surface area contributed by atoms with Gasteiger partial charge in [0.25, 0.3) is 0 Å². The van der Waals surface area contributed by atoms with Crippen molar-refractivity contribution >= 4 is 23.7 Å². The molecule has 3 amide bonds. The lowest BCUT2D eigenvalue weighted by Crippen LogP contribution is -2.58. The first kappa shape index (κ1) is 11.9. The first-order chi connectivity index (χ1) is 7.41. The third-order valence-corrected chi connectivity index (χ3v) is 2.08. The van der Waals surface area contributed by atoms with E-state index in [4.69, 9.17) is 5.11 Å². The number of piperazine rings is 1. The second kappa shape index (κ2) is 4.56. The zero-order valence-corrected chi connectivity index (χ0v) is 8.47. The summed E-state index contributed by atoms with van der Waals surface area (Å²) in [7, 11) is 0. The van der Waals surface area contributed by atoms with E-state index in [1.54, 1.807) is 0 Å². The molecule has 1 fully saturated rings. The van der Waals surface area contributed by atoms with Crippen molar-refractivity contribution in [2.24, 2.45) is 0 Å². The standard InChI is InChI=1S/C9H10N2O5/c1-5-9(16)10-6(12)4-11(5)7(13)2-3-8(14)15/h2-3,5H,4H2,1H3,(H,14,15)(H,10,12,16). The van der Waals surface area contributed by atoms with Crippen LogP contribution in [0.4, 0.5) is 0 Å². The maximum Gasteiger partial charge on any atom is 0.328 e. The Morgan fingerprint density at radius 2 is 2.06 bits per heavy atom. The zero-order chi connectivity index (χ0) is 12.3. The van der Waals surface area contributed by atoms with E-state index < -0.39 is 29.7 Å². The molecule has 7 nitrogen and oxygen atoms in total. The van der Waals surface area contributed by atoms with Crippen molar-refractivity contribution in [3.05, 3.63) is 12.2 Å². The summed E-state index contributed by atoms with van der Waals surface area (Å²) in [6.45, 7) is 1.20. The molecule has 1 unspecified atom stereocenters. The topological polar surface area (TPSA) is 104 Å². The van der Waals surface area contributed by atoms with Gasteiger partial charge in [0.2, 0.25) is 17.7 Å². The highest BCUT2D eigenvalue weighted by molar-refractivity contribution is 6.06. The largest absolute Gasteiger partial charge is 0.478 e. The molecule has 0 aromatic rings. The number of carboxylic acids is 1. The Bertz CT molecular complexity index is 387. The van der Waals surface area contributed by atoms with E-state index in [2.05, 4.69) is 5.32 Å². The normalized spacial score (nSPS) is 21.1. The van der Waals surface area contributed by atoms with Gasteiger partial charge in [-0.15, -0.1) is 0 Å². The number of carboxylic acid groups (broad SMARTS) is 1. The van der Waals surface area contributed by atoms with Crippen LogP contribution < -0.4 is 5.32 Å². The monoisotopic (exact) mass is 226 g/mol. The Labute approximate surface area is 90.7 Å². The van der Waals surface area contributed by atoms with Crippen LogP contribution in [0.25, 0.3) is 0 Å². The summed E-state index contributed by atoms with van der Waals surface area (Å²) >= 11 is 0. The van der Waals surface area contributed by atoms with Gasteiger partial charge in [-0.1, -0.05) is 0 Å². The zero-order valence-electron chi connectivity index (χ0n) is 8.47. The Morgan fingerprint density at radius 3 is 2.62 bits per heavy atom. The van der Waals surface area contributed by atoms with Gasteiger partial charge in [-0.05, 0) is 6.92 Å². The molecule has 0 aromatic carbocycles. The van der Waals surface area contributed by atoms with Crippen molar-refractivity contribution in [2.45, 2.75) is 13.0 Å². The average molecular weight is 226 g/mol. The number of amides is 3. The number of rotatable bonds is 2. The molecular formula is C9H10N2O5. The smallest absolute Gasteiger partial charge is 0.328 e. The molecule has 16 heavy (non-hydrogen) atoms. The maximum atomic E-state index is 11.4. The van der Waals surface area contributed by atoms with Crippen molar-refractivity contribution in [3.8, 4) is 0 Å². The van der Waals surface area contributed by atoms with Gasteiger partial charge < -0.3 is 10.0 Å². The molecule has 7 heteroatoms. The first-order valence-electron chi connectivity index (χ1n) is 4.47. The lowest BCUT2D eigenvalue weighted by molar-refractivity contribution is -0.147. The van der Waals surface area contributed by atoms with Gasteiger partial charge in [-0.25, -0.2) is 4.79 Å². The fourth-order valence-electron chi connectivity index (χ4n) is 1.22. The molecule has 1 aliphatic rings. The van der Waals surface area contributed by atoms with Crippen molar-refractivity contribution in [3.63, 3.8) is 0 Å². The quantitative estimate of drug-likeness (QED) is 0.440. The summed E-state index contributed by atoms with van der Waals surface area (Å²) in [6, 6.07) is -0.788. The van der Waals surface area contributed by atoms with Gasteiger partial charge in [0.05, 0.1) is 0 Å². The fraction of sp³-hybridized carbons (Fsp3) is 0.333. The van der Waals surface area contributed by atoms with Crippen LogP contribution in [-0.4, -0.2) is 46.3 Å². The Morgan fingerprint density at radius 1 is 1.44 bits per heavy atom. The van der Waals surface area contributed by atoms with Gasteiger partial charge in [0.1, 0.15) is 12.6 Å². The lowest BCUT2D eigenvalue weighted by atomic mass is 10.2. The molecule has 0 saturated carbocycles. The number of nitrogens with one attached hydrogen (secondary N) is 1. The Kier molecular flexibility index (Phi) is 3.39. The number of carbonyl (C=O) groups is 4. The van der Waals surface area contributed by atoms with Gasteiger partial charge in [-0.2, -0.15) is 0 Å². The summed E-state index contributed by atoms with van der Waals surface area (Å²) in [4.78, 5) is 44.8.